The van der Waals surface area contributed by atoms with Crippen LogP contribution in [0.3, 0.4) is 0 Å². The highest BCUT2D eigenvalue weighted by molar-refractivity contribution is 5.77. The van der Waals surface area contributed by atoms with E-state index in [1.807, 2.05) is 0 Å². The van der Waals surface area contributed by atoms with Crippen molar-refractivity contribution in [1.29, 1.82) is 0 Å². The topological polar surface area (TPSA) is 68.0 Å². The van der Waals surface area contributed by atoms with Crippen LogP contribution in [0.25, 0.3) is 0 Å². The van der Waals surface area contributed by atoms with E-state index in [0.29, 0.717) is 18.5 Å². The average Bonchev–Trinajstić information content (AvgIpc) is 2.17. The summed E-state index contributed by atoms with van der Waals surface area (Å²) in [6.45, 7) is 0.591. The van der Waals surface area contributed by atoms with Gasteiger partial charge in [0.15, 0.2) is 0 Å². The number of carbonyl (C=O) groups excluding carboxylic acids is 1. The maximum absolute atomic E-state index is 13.4. The second kappa shape index (κ2) is 3.84. The van der Waals surface area contributed by atoms with Crippen LogP contribution >= 0.6 is 0 Å². The van der Waals surface area contributed by atoms with Crippen LogP contribution in [0, 0.1) is 5.95 Å². The van der Waals surface area contributed by atoms with Crippen molar-refractivity contribution in [3.8, 4) is 0 Å². The molecule has 3 N–H and O–H groups in total. The molecule has 0 unspecified atom stereocenters. The molecule has 0 saturated carbocycles. The number of amides is 1. The lowest BCUT2D eigenvalue weighted by Gasteiger charge is -2.22. The number of anilines is 1. The van der Waals surface area contributed by atoms with Crippen LogP contribution in [0.1, 0.15) is 24.3 Å². The first-order valence-electron chi connectivity index (χ1n) is 4.85. The number of rotatable bonds is 1. The molecule has 1 aromatic rings. The standard InChI is InChI=1S/C10H12FN3O/c11-10-7(1-2-8(12)14-10)6-3-4-13-9(15)5-6/h1-2,6H,3-5H2,(H2,12,14)(H,13,15)/t6-/m1/s1. The Bertz CT molecular complexity index is 394. The summed E-state index contributed by atoms with van der Waals surface area (Å²) in [5.41, 5.74) is 5.84. The summed E-state index contributed by atoms with van der Waals surface area (Å²) in [4.78, 5) is 14.7. The Morgan fingerprint density at radius 2 is 2.33 bits per heavy atom. The van der Waals surface area contributed by atoms with Gasteiger partial charge in [-0.2, -0.15) is 4.39 Å². The molecule has 80 valence electrons. The Kier molecular flexibility index (Phi) is 2.53. The molecule has 5 heteroatoms. The zero-order chi connectivity index (χ0) is 10.8. The summed E-state index contributed by atoms with van der Waals surface area (Å²) in [5.74, 6) is -0.513. The number of carbonyl (C=O) groups is 1. The SMILES string of the molecule is Nc1ccc([C@@H]2CCNC(=O)C2)c(F)n1. The molecule has 1 amide bonds. The van der Waals surface area contributed by atoms with Gasteiger partial charge in [-0.25, -0.2) is 4.98 Å². The molecule has 0 radical (unpaired) electrons. The Morgan fingerprint density at radius 3 is 3.00 bits per heavy atom. The van der Waals surface area contributed by atoms with E-state index in [4.69, 9.17) is 5.73 Å². The first-order chi connectivity index (χ1) is 7.16. The third kappa shape index (κ3) is 2.06. The fourth-order valence-electron chi connectivity index (χ4n) is 1.81. The van der Waals surface area contributed by atoms with Gasteiger partial charge >= 0.3 is 0 Å². The highest BCUT2D eigenvalue weighted by atomic mass is 19.1. The Labute approximate surface area is 86.7 Å². The van der Waals surface area contributed by atoms with Crippen molar-refractivity contribution in [2.45, 2.75) is 18.8 Å². The minimum Gasteiger partial charge on any atom is -0.384 e. The molecule has 1 saturated heterocycles. The number of nitrogens with zero attached hydrogens (tertiary/aromatic N) is 1. The third-order valence-corrected chi connectivity index (χ3v) is 2.59. The lowest BCUT2D eigenvalue weighted by molar-refractivity contribution is -0.122. The van der Waals surface area contributed by atoms with E-state index in [1.54, 1.807) is 12.1 Å². The molecule has 4 nitrogen and oxygen atoms in total. The lowest BCUT2D eigenvalue weighted by Crippen LogP contribution is -2.32. The van der Waals surface area contributed by atoms with E-state index in [1.165, 1.54) is 0 Å². The quantitative estimate of drug-likeness (QED) is 0.672. The van der Waals surface area contributed by atoms with Crippen molar-refractivity contribution in [3.63, 3.8) is 0 Å². The molecule has 2 rings (SSSR count). The number of piperidine rings is 1. The Balaban J connectivity index is 2.24. The van der Waals surface area contributed by atoms with Gasteiger partial charge in [-0.3, -0.25) is 4.79 Å². The first kappa shape index (κ1) is 9.89. The van der Waals surface area contributed by atoms with Gasteiger partial charge in [0.25, 0.3) is 0 Å². The van der Waals surface area contributed by atoms with E-state index in [0.717, 1.165) is 6.42 Å². The molecule has 0 spiro atoms. The number of hydrogen-bond donors (Lipinski definition) is 2. The molecule has 1 aliphatic rings. The van der Waals surface area contributed by atoms with Gasteiger partial charge in [-0.1, -0.05) is 6.07 Å². The fourth-order valence-corrected chi connectivity index (χ4v) is 1.81. The monoisotopic (exact) mass is 209 g/mol. The van der Waals surface area contributed by atoms with Gasteiger partial charge in [-0.15, -0.1) is 0 Å². The van der Waals surface area contributed by atoms with Gasteiger partial charge in [0.2, 0.25) is 11.9 Å². The maximum Gasteiger partial charge on any atom is 0.220 e. The minimum atomic E-state index is -0.560. The number of pyridine rings is 1. The molecular weight excluding hydrogens is 197 g/mol. The smallest absolute Gasteiger partial charge is 0.220 e. The third-order valence-electron chi connectivity index (χ3n) is 2.59. The predicted octanol–water partition coefficient (Wildman–Crippen LogP) is 0.796. The van der Waals surface area contributed by atoms with Crippen molar-refractivity contribution in [1.82, 2.24) is 10.3 Å². The summed E-state index contributed by atoms with van der Waals surface area (Å²) in [7, 11) is 0. The number of aromatic nitrogens is 1. The van der Waals surface area contributed by atoms with Crippen LogP contribution in [0.4, 0.5) is 10.2 Å². The van der Waals surface area contributed by atoms with Crippen LogP contribution in [0.2, 0.25) is 0 Å². The molecule has 1 fully saturated rings. The number of nitrogens with one attached hydrogen (secondary N) is 1. The normalized spacial score (nSPS) is 21.1. The fraction of sp³-hybridized carbons (Fsp3) is 0.400. The summed E-state index contributed by atoms with van der Waals surface area (Å²) in [5, 5.41) is 2.71. The second-order valence-corrected chi connectivity index (χ2v) is 3.66. The highest BCUT2D eigenvalue weighted by Gasteiger charge is 2.23. The Morgan fingerprint density at radius 1 is 1.53 bits per heavy atom. The van der Waals surface area contributed by atoms with Crippen molar-refractivity contribution in [2.24, 2.45) is 0 Å². The van der Waals surface area contributed by atoms with E-state index in [9.17, 15) is 9.18 Å². The van der Waals surface area contributed by atoms with Gasteiger partial charge < -0.3 is 11.1 Å². The van der Waals surface area contributed by atoms with Crippen LogP contribution in [0.15, 0.2) is 12.1 Å². The minimum absolute atomic E-state index is 0.0394. The second-order valence-electron chi connectivity index (χ2n) is 3.66. The van der Waals surface area contributed by atoms with E-state index >= 15 is 0 Å². The molecule has 15 heavy (non-hydrogen) atoms. The summed E-state index contributed by atoms with van der Waals surface area (Å²) in [6.07, 6.45) is 1.07. The van der Waals surface area contributed by atoms with Gasteiger partial charge in [0.1, 0.15) is 5.82 Å². The average molecular weight is 209 g/mol. The zero-order valence-corrected chi connectivity index (χ0v) is 8.16. The number of hydrogen-bond acceptors (Lipinski definition) is 3. The molecule has 0 aliphatic carbocycles. The van der Waals surface area contributed by atoms with Crippen LogP contribution in [-0.2, 0) is 4.79 Å². The largest absolute Gasteiger partial charge is 0.384 e. The molecule has 2 heterocycles. The Hall–Kier alpha value is -1.65. The van der Waals surface area contributed by atoms with Crippen molar-refractivity contribution in [3.05, 3.63) is 23.6 Å². The molecule has 1 atom stereocenters. The van der Waals surface area contributed by atoms with Gasteiger partial charge in [0, 0.05) is 18.5 Å². The van der Waals surface area contributed by atoms with Crippen molar-refractivity contribution in [2.75, 3.05) is 12.3 Å². The summed E-state index contributed by atoms with van der Waals surface area (Å²) >= 11 is 0. The van der Waals surface area contributed by atoms with E-state index in [2.05, 4.69) is 10.3 Å². The number of halogens is 1. The number of nitrogen functional groups attached to an aromatic ring is 1. The molecular formula is C10H12FN3O. The van der Waals surface area contributed by atoms with Gasteiger partial charge in [0.05, 0.1) is 0 Å². The summed E-state index contributed by atoms with van der Waals surface area (Å²) in [6, 6.07) is 3.17. The summed E-state index contributed by atoms with van der Waals surface area (Å²) < 4.78 is 13.4. The lowest BCUT2D eigenvalue weighted by atomic mass is 9.91. The molecule has 0 bridgehead atoms. The maximum atomic E-state index is 13.4. The first-order valence-corrected chi connectivity index (χ1v) is 4.85. The van der Waals surface area contributed by atoms with Crippen LogP contribution < -0.4 is 11.1 Å². The molecule has 1 aromatic heterocycles. The molecule has 1 aliphatic heterocycles. The van der Waals surface area contributed by atoms with Crippen molar-refractivity contribution >= 4 is 11.7 Å². The van der Waals surface area contributed by atoms with E-state index < -0.39 is 5.95 Å². The van der Waals surface area contributed by atoms with Crippen LogP contribution in [0.5, 0.6) is 0 Å². The van der Waals surface area contributed by atoms with Crippen molar-refractivity contribution < 1.29 is 9.18 Å². The highest BCUT2D eigenvalue weighted by Crippen LogP contribution is 2.27. The van der Waals surface area contributed by atoms with E-state index in [-0.39, 0.29) is 17.6 Å². The van der Waals surface area contributed by atoms with Gasteiger partial charge in [-0.05, 0) is 18.4 Å². The predicted molar refractivity (Wildman–Crippen MR) is 53.6 cm³/mol. The zero-order valence-electron chi connectivity index (χ0n) is 8.16. The van der Waals surface area contributed by atoms with Crippen LogP contribution in [-0.4, -0.2) is 17.4 Å². The number of nitrogens with two attached hydrogens (primary N) is 1. The molecule has 0 aromatic carbocycles.